The fourth-order valence-corrected chi connectivity index (χ4v) is 2.22. The average molecular weight is 380 g/mol. The van der Waals surface area contributed by atoms with Crippen LogP contribution in [0.25, 0.3) is 0 Å². The second-order valence-electron chi connectivity index (χ2n) is 4.73. The second kappa shape index (κ2) is 6.67. The Morgan fingerprint density at radius 3 is 2.16 bits per heavy atom. The highest BCUT2D eigenvalue weighted by Gasteiger charge is 2.41. The largest absolute Gasteiger partial charge is 0.478 e. The van der Waals surface area contributed by atoms with E-state index in [1.54, 1.807) is 0 Å². The summed E-state index contributed by atoms with van der Waals surface area (Å²) in [5.74, 6) is -5.99. The molecule has 2 aromatic carbocycles. The fourth-order valence-electron chi connectivity index (χ4n) is 2.04. The minimum absolute atomic E-state index is 0.134. The van der Waals surface area contributed by atoms with Crippen molar-refractivity contribution in [3.8, 4) is 0 Å². The Hall–Kier alpha value is -2.68. The van der Waals surface area contributed by atoms with Crippen molar-refractivity contribution in [2.45, 2.75) is 6.18 Å². The normalized spacial score (nSPS) is 11.3. The Kier molecular flexibility index (Phi) is 4.98. The van der Waals surface area contributed by atoms with Crippen LogP contribution in [0.1, 0.15) is 26.3 Å². The highest BCUT2D eigenvalue weighted by molar-refractivity contribution is 6.31. The van der Waals surface area contributed by atoms with Crippen LogP contribution in [0, 0.1) is 11.6 Å². The van der Waals surface area contributed by atoms with Crippen LogP contribution in [-0.2, 0) is 6.18 Å². The zero-order valence-electron chi connectivity index (χ0n) is 11.9. The highest BCUT2D eigenvalue weighted by Crippen LogP contribution is 2.36. The summed E-state index contributed by atoms with van der Waals surface area (Å²) in [7, 11) is 0. The molecule has 0 heterocycles. The number of halogens is 6. The van der Waals surface area contributed by atoms with Crippen LogP contribution in [0.3, 0.4) is 0 Å². The quantitative estimate of drug-likeness (QED) is 0.767. The van der Waals surface area contributed by atoms with Crippen LogP contribution in [0.15, 0.2) is 30.3 Å². The number of alkyl halides is 3. The van der Waals surface area contributed by atoms with Gasteiger partial charge in [-0.15, -0.1) is 0 Å². The van der Waals surface area contributed by atoms with Gasteiger partial charge in [-0.25, -0.2) is 13.6 Å². The Labute approximate surface area is 141 Å². The highest BCUT2D eigenvalue weighted by atomic mass is 35.5. The van der Waals surface area contributed by atoms with E-state index in [2.05, 4.69) is 0 Å². The molecule has 132 valence electrons. The van der Waals surface area contributed by atoms with Gasteiger partial charge < -0.3 is 10.4 Å². The molecule has 2 rings (SSSR count). The standard InChI is InChI=1S/C15H7ClF5NO3/c16-8-5-6(1-3-9(8)17)22-13(23)7-2-4-10(18)11(14(24)25)12(7)15(19,20)21/h1-5H,(H,22,23)(H,24,25). The zero-order valence-corrected chi connectivity index (χ0v) is 12.7. The third-order valence-electron chi connectivity index (χ3n) is 3.07. The lowest BCUT2D eigenvalue weighted by Gasteiger charge is -2.16. The van der Waals surface area contributed by atoms with Gasteiger partial charge in [-0.3, -0.25) is 4.79 Å². The lowest BCUT2D eigenvalue weighted by molar-refractivity contribution is -0.138. The molecule has 0 spiro atoms. The third kappa shape index (κ3) is 3.87. The Balaban J connectivity index is 2.54. The number of carbonyl (C=O) groups is 2. The van der Waals surface area contributed by atoms with E-state index in [1.165, 1.54) is 0 Å². The van der Waals surface area contributed by atoms with E-state index in [0.29, 0.717) is 12.1 Å². The van der Waals surface area contributed by atoms with E-state index in [0.717, 1.165) is 18.2 Å². The Morgan fingerprint density at radius 2 is 1.64 bits per heavy atom. The molecule has 0 aliphatic rings. The van der Waals surface area contributed by atoms with Crippen molar-refractivity contribution in [1.29, 1.82) is 0 Å². The number of rotatable bonds is 3. The molecule has 2 aromatic rings. The first-order valence-electron chi connectivity index (χ1n) is 6.41. The summed E-state index contributed by atoms with van der Waals surface area (Å²) in [6, 6.07) is 3.80. The summed E-state index contributed by atoms with van der Waals surface area (Å²) in [6.45, 7) is 0. The first kappa shape index (κ1) is 18.7. The summed E-state index contributed by atoms with van der Waals surface area (Å²) < 4.78 is 66.1. The van der Waals surface area contributed by atoms with Crippen LogP contribution in [0.4, 0.5) is 27.6 Å². The van der Waals surface area contributed by atoms with Gasteiger partial charge in [-0.1, -0.05) is 11.6 Å². The molecule has 1 amide bonds. The molecule has 0 aliphatic carbocycles. The molecule has 0 fully saturated rings. The molecule has 10 heteroatoms. The lowest BCUT2D eigenvalue weighted by Crippen LogP contribution is -2.23. The smallest absolute Gasteiger partial charge is 0.418 e. The lowest BCUT2D eigenvalue weighted by atomic mass is 9.99. The van der Waals surface area contributed by atoms with Gasteiger partial charge in [0.2, 0.25) is 0 Å². The molecule has 0 atom stereocenters. The molecule has 25 heavy (non-hydrogen) atoms. The first-order chi connectivity index (χ1) is 11.5. The van der Waals surface area contributed by atoms with E-state index in [-0.39, 0.29) is 10.7 Å². The summed E-state index contributed by atoms with van der Waals surface area (Å²) in [6.07, 6.45) is -5.30. The van der Waals surface area contributed by atoms with Gasteiger partial charge in [0, 0.05) is 5.69 Å². The van der Waals surface area contributed by atoms with Gasteiger partial charge in [0.05, 0.1) is 16.1 Å². The maximum Gasteiger partial charge on any atom is 0.418 e. The van der Waals surface area contributed by atoms with Gasteiger partial charge in [0.15, 0.2) is 0 Å². The molecule has 0 saturated carbocycles. The third-order valence-corrected chi connectivity index (χ3v) is 3.36. The summed E-state index contributed by atoms with van der Waals surface area (Å²) in [5.41, 5.74) is -4.83. The molecule has 0 unspecified atom stereocenters. The molecule has 0 aliphatic heterocycles. The van der Waals surface area contributed by atoms with Gasteiger partial charge in [-0.05, 0) is 30.3 Å². The predicted octanol–water partition coefficient (Wildman–Crippen LogP) is 4.59. The van der Waals surface area contributed by atoms with Crippen LogP contribution < -0.4 is 5.32 Å². The van der Waals surface area contributed by atoms with E-state index >= 15 is 0 Å². The molecule has 4 nitrogen and oxygen atoms in total. The number of hydrogen-bond acceptors (Lipinski definition) is 2. The van der Waals surface area contributed by atoms with Crippen molar-refractivity contribution in [3.05, 3.63) is 63.7 Å². The van der Waals surface area contributed by atoms with Crippen molar-refractivity contribution in [2.75, 3.05) is 5.32 Å². The number of hydrogen-bond donors (Lipinski definition) is 2. The van der Waals surface area contributed by atoms with Crippen LogP contribution >= 0.6 is 11.6 Å². The van der Waals surface area contributed by atoms with E-state index < -0.39 is 46.4 Å². The number of benzene rings is 2. The van der Waals surface area contributed by atoms with Crippen LogP contribution in [-0.4, -0.2) is 17.0 Å². The van der Waals surface area contributed by atoms with Crippen molar-refractivity contribution in [2.24, 2.45) is 0 Å². The second-order valence-corrected chi connectivity index (χ2v) is 5.14. The molecule has 0 radical (unpaired) electrons. The number of amides is 1. The summed E-state index contributed by atoms with van der Waals surface area (Å²) in [5, 5.41) is 10.5. The van der Waals surface area contributed by atoms with Crippen molar-refractivity contribution in [3.63, 3.8) is 0 Å². The number of anilines is 1. The number of carboxylic acid groups (broad SMARTS) is 1. The molecular formula is C15H7ClF5NO3. The molecule has 0 saturated heterocycles. The van der Waals surface area contributed by atoms with Gasteiger partial charge in [0.1, 0.15) is 17.2 Å². The van der Waals surface area contributed by atoms with E-state index in [9.17, 15) is 31.5 Å². The minimum atomic E-state index is -5.30. The summed E-state index contributed by atoms with van der Waals surface area (Å²) in [4.78, 5) is 23.1. The summed E-state index contributed by atoms with van der Waals surface area (Å²) >= 11 is 5.50. The predicted molar refractivity (Wildman–Crippen MR) is 77.7 cm³/mol. The molecular weight excluding hydrogens is 373 g/mol. The Bertz CT molecular complexity index is 867. The number of nitrogens with one attached hydrogen (secondary N) is 1. The van der Waals surface area contributed by atoms with Crippen LogP contribution in [0.2, 0.25) is 5.02 Å². The minimum Gasteiger partial charge on any atom is -0.478 e. The number of aromatic carboxylic acids is 1. The van der Waals surface area contributed by atoms with Crippen molar-refractivity contribution < 1.29 is 36.6 Å². The molecule has 2 N–H and O–H groups in total. The van der Waals surface area contributed by atoms with E-state index in [4.69, 9.17) is 16.7 Å². The molecule has 0 bridgehead atoms. The van der Waals surface area contributed by atoms with Gasteiger partial charge >= 0.3 is 12.1 Å². The average Bonchev–Trinajstić information content (AvgIpc) is 2.49. The molecule has 0 aromatic heterocycles. The fraction of sp³-hybridized carbons (Fsp3) is 0.0667. The van der Waals surface area contributed by atoms with Gasteiger partial charge in [-0.2, -0.15) is 13.2 Å². The van der Waals surface area contributed by atoms with Crippen molar-refractivity contribution >= 4 is 29.2 Å². The maximum atomic E-state index is 13.5. The van der Waals surface area contributed by atoms with Crippen LogP contribution in [0.5, 0.6) is 0 Å². The first-order valence-corrected chi connectivity index (χ1v) is 6.79. The SMILES string of the molecule is O=C(Nc1ccc(F)c(Cl)c1)c1ccc(F)c(C(=O)O)c1C(F)(F)F. The van der Waals surface area contributed by atoms with E-state index in [1.807, 2.05) is 5.32 Å². The van der Waals surface area contributed by atoms with Gasteiger partial charge in [0.25, 0.3) is 5.91 Å². The van der Waals surface area contributed by atoms with Crippen molar-refractivity contribution in [1.82, 2.24) is 0 Å². The topological polar surface area (TPSA) is 66.4 Å². The maximum absolute atomic E-state index is 13.5. The number of carbonyl (C=O) groups excluding carboxylic acids is 1. The zero-order chi connectivity index (χ0) is 18.9. The Morgan fingerprint density at radius 1 is 1.04 bits per heavy atom. The monoisotopic (exact) mass is 379 g/mol. The number of carboxylic acids is 1.